The van der Waals surface area contributed by atoms with Crippen LogP contribution in [-0.4, -0.2) is 13.4 Å². The standard InChI is InChI=1S/C12H11BrFN3O2S/c1-7-2-3-16-6-11(7)17-20(18,19)12-5-10(15)8(13)4-9(12)14/h2-6,17H,15H2,1H3. The van der Waals surface area contributed by atoms with Crippen LogP contribution in [0, 0.1) is 12.7 Å². The monoisotopic (exact) mass is 359 g/mol. The third-order valence-corrected chi connectivity index (χ3v) is 4.69. The van der Waals surface area contributed by atoms with Crippen LogP contribution in [0.2, 0.25) is 0 Å². The highest BCUT2D eigenvalue weighted by Crippen LogP contribution is 2.27. The molecule has 2 rings (SSSR count). The molecule has 0 fully saturated rings. The number of hydrogen-bond acceptors (Lipinski definition) is 4. The number of rotatable bonds is 3. The number of benzene rings is 1. The second kappa shape index (κ2) is 5.37. The molecule has 106 valence electrons. The third-order valence-electron chi connectivity index (χ3n) is 2.62. The van der Waals surface area contributed by atoms with Gasteiger partial charge in [-0.1, -0.05) is 0 Å². The number of nitrogen functional groups attached to an aromatic ring is 1. The summed E-state index contributed by atoms with van der Waals surface area (Å²) < 4.78 is 40.8. The molecule has 0 aliphatic heterocycles. The highest BCUT2D eigenvalue weighted by molar-refractivity contribution is 9.10. The lowest BCUT2D eigenvalue weighted by Crippen LogP contribution is -2.16. The number of sulfonamides is 1. The van der Waals surface area contributed by atoms with E-state index < -0.39 is 20.7 Å². The largest absolute Gasteiger partial charge is 0.398 e. The van der Waals surface area contributed by atoms with Crippen molar-refractivity contribution in [3.63, 3.8) is 0 Å². The molecule has 8 heteroatoms. The predicted octanol–water partition coefficient (Wildman–Crippen LogP) is 2.67. The topological polar surface area (TPSA) is 85.1 Å². The number of nitrogens with one attached hydrogen (secondary N) is 1. The second-order valence-corrected chi connectivity index (χ2v) is 6.61. The van der Waals surface area contributed by atoms with Gasteiger partial charge in [-0.05, 0) is 46.6 Å². The van der Waals surface area contributed by atoms with Gasteiger partial charge in [-0.15, -0.1) is 0 Å². The van der Waals surface area contributed by atoms with E-state index in [2.05, 4.69) is 25.6 Å². The number of nitrogens with two attached hydrogens (primary N) is 1. The Hall–Kier alpha value is -1.67. The van der Waals surface area contributed by atoms with Crippen molar-refractivity contribution in [3.05, 3.63) is 46.4 Å². The molecule has 0 aliphatic rings. The normalized spacial score (nSPS) is 11.3. The van der Waals surface area contributed by atoms with Crippen molar-refractivity contribution < 1.29 is 12.8 Å². The van der Waals surface area contributed by atoms with Crippen molar-refractivity contribution >= 4 is 37.3 Å². The molecular weight excluding hydrogens is 349 g/mol. The van der Waals surface area contributed by atoms with Crippen LogP contribution >= 0.6 is 15.9 Å². The molecule has 0 atom stereocenters. The van der Waals surface area contributed by atoms with Crippen LogP contribution in [0.5, 0.6) is 0 Å². The maximum atomic E-state index is 13.8. The summed E-state index contributed by atoms with van der Waals surface area (Å²) in [5, 5.41) is 0. The highest BCUT2D eigenvalue weighted by Gasteiger charge is 2.21. The summed E-state index contributed by atoms with van der Waals surface area (Å²) in [5.41, 5.74) is 6.69. The first kappa shape index (κ1) is 14.7. The fourth-order valence-corrected chi connectivity index (χ4v) is 3.05. The van der Waals surface area contributed by atoms with Crippen LogP contribution in [0.25, 0.3) is 0 Å². The fraction of sp³-hybridized carbons (Fsp3) is 0.0833. The van der Waals surface area contributed by atoms with Gasteiger partial charge in [-0.2, -0.15) is 0 Å². The van der Waals surface area contributed by atoms with Crippen molar-refractivity contribution in [2.45, 2.75) is 11.8 Å². The average molecular weight is 360 g/mol. The minimum Gasteiger partial charge on any atom is -0.398 e. The smallest absolute Gasteiger partial charge is 0.264 e. The molecule has 0 unspecified atom stereocenters. The van der Waals surface area contributed by atoms with Gasteiger partial charge in [-0.3, -0.25) is 9.71 Å². The first-order chi connectivity index (χ1) is 9.31. The summed E-state index contributed by atoms with van der Waals surface area (Å²) in [6.45, 7) is 1.71. The van der Waals surface area contributed by atoms with Gasteiger partial charge in [-0.25, -0.2) is 12.8 Å². The molecule has 0 radical (unpaired) electrons. The number of anilines is 2. The Morgan fingerprint density at radius 1 is 1.40 bits per heavy atom. The lowest BCUT2D eigenvalue weighted by molar-refractivity contribution is 0.570. The number of aromatic nitrogens is 1. The molecule has 0 aliphatic carbocycles. The molecular formula is C12H11BrFN3O2S. The molecule has 0 amide bonds. The van der Waals surface area contributed by atoms with Crippen molar-refractivity contribution in [1.29, 1.82) is 0 Å². The number of hydrogen-bond donors (Lipinski definition) is 2. The van der Waals surface area contributed by atoms with Crippen molar-refractivity contribution in [2.24, 2.45) is 0 Å². The molecule has 0 saturated heterocycles. The van der Waals surface area contributed by atoms with Crippen molar-refractivity contribution in [2.75, 3.05) is 10.5 Å². The minimum absolute atomic E-state index is 0.134. The molecule has 1 aromatic carbocycles. The number of aryl methyl sites for hydroxylation is 1. The van der Waals surface area contributed by atoms with E-state index in [1.165, 1.54) is 12.4 Å². The summed E-state index contributed by atoms with van der Waals surface area (Å²) in [4.78, 5) is 3.31. The van der Waals surface area contributed by atoms with E-state index in [4.69, 9.17) is 5.73 Å². The Labute approximate surface area is 124 Å². The van der Waals surface area contributed by atoms with E-state index in [0.717, 1.165) is 12.1 Å². The first-order valence-electron chi connectivity index (χ1n) is 5.49. The van der Waals surface area contributed by atoms with Gasteiger partial charge in [0.05, 0.1) is 11.9 Å². The van der Waals surface area contributed by atoms with Gasteiger partial charge in [0.2, 0.25) is 0 Å². The lowest BCUT2D eigenvalue weighted by Gasteiger charge is -2.11. The maximum Gasteiger partial charge on any atom is 0.264 e. The Bertz CT molecular complexity index is 765. The lowest BCUT2D eigenvalue weighted by atomic mass is 10.3. The van der Waals surface area contributed by atoms with Crippen LogP contribution in [0.1, 0.15) is 5.56 Å². The number of halogens is 2. The van der Waals surface area contributed by atoms with E-state index >= 15 is 0 Å². The fourth-order valence-electron chi connectivity index (χ4n) is 1.52. The summed E-state index contributed by atoms with van der Waals surface area (Å²) >= 11 is 3.04. The zero-order valence-electron chi connectivity index (χ0n) is 10.4. The number of pyridine rings is 1. The van der Waals surface area contributed by atoms with Crippen molar-refractivity contribution in [3.8, 4) is 0 Å². The molecule has 0 bridgehead atoms. The third kappa shape index (κ3) is 2.91. The van der Waals surface area contributed by atoms with E-state index in [1.54, 1.807) is 13.0 Å². The van der Waals surface area contributed by atoms with Gasteiger partial charge in [0.15, 0.2) is 0 Å². The van der Waals surface area contributed by atoms with E-state index in [-0.39, 0.29) is 11.4 Å². The van der Waals surface area contributed by atoms with Gasteiger partial charge in [0.25, 0.3) is 10.0 Å². The van der Waals surface area contributed by atoms with Gasteiger partial charge < -0.3 is 5.73 Å². The molecule has 2 aromatic rings. The summed E-state index contributed by atoms with van der Waals surface area (Å²) in [5.74, 6) is -0.889. The second-order valence-electron chi connectivity index (χ2n) is 4.10. The zero-order valence-corrected chi connectivity index (χ0v) is 12.8. The van der Waals surface area contributed by atoms with Crippen LogP contribution in [-0.2, 0) is 10.0 Å². The Kier molecular flexibility index (Phi) is 3.96. The zero-order chi connectivity index (χ0) is 14.9. The van der Waals surface area contributed by atoms with Gasteiger partial charge >= 0.3 is 0 Å². The van der Waals surface area contributed by atoms with Crippen LogP contribution in [0.4, 0.5) is 15.8 Å². The van der Waals surface area contributed by atoms with Crippen molar-refractivity contribution in [1.82, 2.24) is 4.98 Å². The van der Waals surface area contributed by atoms with Gasteiger partial charge in [0.1, 0.15) is 10.7 Å². The van der Waals surface area contributed by atoms with Crippen LogP contribution in [0.15, 0.2) is 40.0 Å². The maximum absolute atomic E-state index is 13.8. The summed E-state index contributed by atoms with van der Waals surface area (Å²) in [7, 11) is -4.07. The molecule has 3 N–H and O–H groups in total. The predicted molar refractivity (Wildman–Crippen MR) is 78.3 cm³/mol. The van der Waals surface area contributed by atoms with E-state index in [0.29, 0.717) is 10.0 Å². The minimum atomic E-state index is -4.07. The molecule has 5 nitrogen and oxygen atoms in total. The van der Waals surface area contributed by atoms with Gasteiger partial charge in [0, 0.05) is 16.4 Å². The Balaban J connectivity index is 2.47. The van der Waals surface area contributed by atoms with Crippen LogP contribution < -0.4 is 10.5 Å². The summed E-state index contributed by atoms with van der Waals surface area (Å²) in [6, 6.07) is 3.72. The summed E-state index contributed by atoms with van der Waals surface area (Å²) in [6.07, 6.45) is 2.89. The number of nitrogens with zero attached hydrogens (tertiary/aromatic N) is 1. The van der Waals surface area contributed by atoms with E-state index in [1.807, 2.05) is 0 Å². The molecule has 1 aromatic heterocycles. The van der Waals surface area contributed by atoms with Crippen LogP contribution in [0.3, 0.4) is 0 Å². The first-order valence-corrected chi connectivity index (χ1v) is 7.77. The Morgan fingerprint density at radius 3 is 2.75 bits per heavy atom. The molecule has 20 heavy (non-hydrogen) atoms. The highest BCUT2D eigenvalue weighted by atomic mass is 79.9. The van der Waals surface area contributed by atoms with E-state index in [9.17, 15) is 12.8 Å². The molecule has 0 spiro atoms. The molecule has 0 saturated carbocycles. The molecule has 1 heterocycles. The SMILES string of the molecule is Cc1ccncc1NS(=O)(=O)c1cc(N)c(Br)cc1F. The Morgan fingerprint density at radius 2 is 2.10 bits per heavy atom. The quantitative estimate of drug-likeness (QED) is 0.825. The average Bonchev–Trinajstić information content (AvgIpc) is 2.36.